The normalized spacial score (nSPS) is 10.6. The van der Waals surface area contributed by atoms with Gasteiger partial charge < -0.3 is 9.15 Å². The summed E-state index contributed by atoms with van der Waals surface area (Å²) in [7, 11) is 0. The molecule has 0 saturated heterocycles. The molecular formula is C20H18INO3. The van der Waals surface area contributed by atoms with Gasteiger partial charge in [-0.3, -0.25) is 0 Å². The summed E-state index contributed by atoms with van der Waals surface area (Å²) < 4.78 is 12.0. The fourth-order valence-electron chi connectivity index (χ4n) is 2.35. The Balaban J connectivity index is 1.89. The van der Waals surface area contributed by atoms with Crippen molar-refractivity contribution in [3.05, 3.63) is 68.6 Å². The molecule has 5 heteroatoms. The standard InChI is InChI=1S/C20H18INO3/c1-2-3-11-24-17-9-7-14(8-10-17)18-13-19(23)25-20(22-18)15-5-4-6-16(21)12-15/h4-10,12-13H,2-3,11H2,1H3. The van der Waals surface area contributed by atoms with Gasteiger partial charge in [0.15, 0.2) is 0 Å². The molecule has 25 heavy (non-hydrogen) atoms. The molecule has 3 aromatic rings. The second-order valence-corrected chi connectivity index (χ2v) is 6.85. The highest BCUT2D eigenvalue weighted by Gasteiger charge is 2.09. The van der Waals surface area contributed by atoms with Crippen LogP contribution in [-0.4, -0.2) is 11.6 Å². The topological polar surface area (TPSA) is 52.3 Å². The van der Waals surface area contributed by atoms with Crippen molar-refractivity contribution in [3.63, 3.8) is 0 Å². The molecule has 128 valence electrons. The lowest BCUT2D eigenvalue weighted by Crippen LogP contribution is -2.02. The Morgan fingerprint density at radius 1 is 1.08 bits per heavy atom. The number of ether oxygens (including phenoxy) is 1. The maximum atomic E-state index is 12.0. The molecule has 3 rings (SSSR count). The van der Waals surface area contributed by atoms with E-state index in [2.05, 4.69) is 34.5 Å². The van der Waals surface area contributed by atoms with E-state index in [0.717, 1.165) is 33.3 Å². The third kappa shape index (κ3) is 4.69. The van der Waals surface area contributed by atoms with Crippen molar-refractivity contribution in [2.45, 2.75) is 19.8 Å². The van der Waals surface area contributed by atoms with Crippen molar-refractivity contribution < 1.29 is 9.15 Å². The van der Waals surface area contributed by atoms with Gasteiger partial charge >= 0.3 is 5.63 Å². The zero-order valence-corrected chi connectivity index (χ0v) is 16.0. The Morgan fingerprint density at radius 2 is 1.88 bits per heavy atom. The smallest absolute Gasteiger partial charge is 0.339 e. The minimum absolute atomic E-state index is 0.323. The van der Waals surface area contributed by atoms with E-state index in [1.165, 1.54) is 6.07 Å². The summed E-state index contributed by atoms with van der Waals surface area (Å²) in [6.07, 6.45) is 2.13. The molecule has 0 unspecified atom stereocenters. The van der Waals surface area contributed by atoms with Crippen molar-refractivity contribution in [2.75, 3.05) is 6.61 Å². The Hall–Kier alpha value is -2.15. The Labute approximate surface area is 160 Å². The second kappa shape index (κ2) is 8.29. The van der Waals surface area contributed by atoms with Gasteiger partial charge in [-0.05, 0) is 71.5 Å². The van der Waals surface area contributed by atoms with Crippen LogP contribution in [-0.2, 0) is 0 Å². The van der Waals surface area contributed by atoms with Crippen molar-refractivity contribution in [3.8, 4) is 28.5 Å². The highest BCUT2D eigenvalue weighted by molar-refractivity contribution is 14.1. The number of rotatable bonds is 6. The predicted octanol–water partition coefficient (Wildman–Crippen LogP) is 5.15. The van der Waals surface area contributed by atoms with E-state index in [-0.39, 0.29) is 0 Å². The van der Waals surface area contributed by atoms with Crippen LogP contribution in [0.3, 0.4) is 0 Å². The van der Waals surface area contributed by atoms with Gasteiger partial charge in [-0.25, -0.2) is 9.78 Å². The number of halogens is 1. The SMILES string of the molecule is CCCCOc1ccc(-c2cc(=O)oc(-c3cccc(I)c3)n2)cc1. The van der Waals surface area contributed by atoms with Crippen molar-refractivity contribution in [2.24, 2.45) is 0 Å². The van der Waals surface area contributed by atoms with E-state index in [1.807, 2.05) is 48.5 Å². The van der Waals surface area contributed by atoms with E-state index in [0.29, 0.717) is 18.2 Å². The van der Waals surface area contributed by atoms with Gasteiger partial charge in [-0.2, -0.15) is 0 Å². The summed E-state index contributed by atoms with van der Waals surface area (Å²) in [4.78, 5) is 16.5. The second-order valence-electron chi connectivity index (χ2n) is 5.60. The highest BCUT2D eigenvalue weighted by atomic mass is 127. The van der Waals surface area contributed by atoms with Gasteiger partial charge in [0.05, 0.1) is 18.4 Å². The van der Waals surface area contributed by atoms with Crippen LogP contribution in [0.25, 0.3) is 22.7 Å². The molecule has 0 saturated carbocycles. The summed E-state index contributed by atoms with van der Waals surface area (Å²) in [5.74, 6) is 1.14. The van der Waals surface area contributed by atoms with Gasteiger partial charge in [0.2, 0.25) is 5.89 Å². The summed E-state index contributed by atoms with van der Waals surface area (Å²) in [6.45, 7) is 2.84. The maximum Gasteiger partial charge on any atom is 0.339 e. The Morgan fingerprint density at radius 3 is 2.60 bits per heavy atom. The third-order valence-electron chi connectivity index (χ3n) is 3.66. The molecule has 0 bridgehead atoms. The zero-order chi connectivity index (χ0) is 17.6. The molecule has 0 aliphatic heterocycles. The first kappa shape index (κ1) is 17.7. The first-order valence-electron chi connectivity index (χ1n) is 8.17. The van der Waals surface area contributed by atoms with Crippen LogP contribution in [0.15, 0.2) is 63.8 Å². The van der Waals surface area contributed by atoms with Crippen molar-refractivity contribution in [1.82, 2.24) is 4.98 Å². The van der Waals surface area contributed by atoms with Crippen LogP contribution >= 0.6 is 22.6 Å². The molecular weight excluding hydrogens is 429 g/mol. The number of nitrogens with zero attached hydrogens (tertiary/aromatic N) is 1. The summed E-state index contributed by atoms with van der Waals surface area (Å²) >= 11 is 2.22. The van der Waals surface area contributed by atoms with Gasteiger partial charge in [0.1, 0.15) is 5.75 Å². The zero-order valence-electron chi connectivity index (χ0n) is 13.9. The molecule has 0 N–H and O–H groups in total. The molecule has 0 amide bonds. The molecule has 0 atom stereocenters. The number of unbranched alkanes of at least 4 members (excludes halogenated alkanes) is 1. The number of hydrogen-bond donors (Lipinski definition) is 0. The Kier molecular flexibility index (Phi) is 5.86. The van der Waals surface area contributed by atoms with E-state index in [4.69, 9.17) is 9.15 Å². The average molecular weight is 447 g/mol. The van der Waals surface area contributed by atoms with Gasteiger partial charge in [0, 0.05) is 14.7 Å². The number of aromatic nitrogens is 1. The molecule has 0 radical (unpaired) electrons. The van der Waals surface area contributed by atoms with Crippen LogP contribution in [0.1, 0.15) is 19.8 Å². The third-order valence-corrected chi connectivity index (χ3v) is 4.33. The van der Waals surface area contributed by atoms with Crippen LogP contribution in [0.4, 0.5) is 0 Å². The lowest BCUT2D eigenvalue weighted by atomic mass is 10.1. The summed E-state index contributed by atoms with van der Waals surface area (Å²) in [5.41, 5.74) is 1.81. The molecule has 0 aliphatic carbocycles. The van der Waals surface area contributed by atoms with E-state index in [1.54, 1.807) is 0 Å². The van der Waals surface area contributed by atoms with Crippen LogP contribution < -0.4 is 10.4 Å². The number of benzene rings is 2. The van der Waals surface area contributed by atoms with Crippen molar-refractivity contribution in [1.29, 1.82) is 0 Å². The predicted molar refractivity (Wildman–Crippen MR) is 107 cm³/mol. The molecule has 1 aromatic heterocycles. The Bertz CT molecular complexity index is 903. The average Bonchev–Trinajstić information content (AvgIpc) is 2.62. The molecule has 4 nitrogen and oxygen atoms in total. The van der Waals surface area contributed by atoms with Crippen LogP contribution in [0.2, 0.25) is 0 Å². The molecule has 1 heterocycles. The summed E-state index contributed by atoms with van der Waals surface area (Å²) in [5, 5.41) is 0. The monoisotopic (exact) mass is 447 g/mol. The molecule has 2 aromatic carbocycles. The number of hydrogen-bond acceptors (Lipinski definition) is 4. The molecule has 0 spiro atoms. The lowest BCUT2D eigenvalue weighted by molar-refractivity contribution is 0.309. The fourth-order valence-corrected chi connectivity index (χ4v) is 2.89. The van der Waals surface area contributed by atoms with Gasteiger partial charge in [-0.15, -0.1) is 0 Å². The minimum Gasteiger partial charge on any atom is -0.494 e. The van der Waals surface area contributed by atoms with Crippen LogP contribution in [0.5, 0.6) is 5.75 Å². The van der Waals surface area contributed by atoms with E-state index < -0.39 is 5.63 Å². The molecule has 0 aliphatic rings. The first-order chi connectivity index (χ1) is 12.2. The fraction of sp³-hybridized carbons (Fsp3) is 0.200. The highest BCUT2D eigenvalue weighted by Crippen LogP contribution is 2.24. The largest absolute Gasteiger partial charge is 0.494 e. The quantitative estimate of drug-likeness (QED) is 0.387. The molecule has 0 fully saturated rings. The lowest BCUT2D eigenvalue weighted by Gasteiger charge is -2.07. The maximum absolute atomic E-state index is 12.0. The first-order valence-corrected chi connectivity index (χ1v) is 9.25. The minimum atomic E-state index is -0.415. The van der Waals surface area contributed by atoms with Gasteiger partial charge in [-0.1, -0.05) is 19.4 Å². The summed E-state index contributed by atoms with van der Waals surface area (Å²) in [6, 6.07) is 16.7. The van der Waals surface area contributed by atoms with E-state index >= 15 is 0 Å². The van der Waals surface area contributed by atoms with Crippen molar-refractivity contribution >= 4 is 22.6 Å². The van der Waals surface area contributed by atoms with E-state index in [9.17, 15) is 4.79 Å². The van der Waals surface area contributed by atoms with Crippen LogP contribution in [0, 0.1) is 3.57 Å². The van der Waals surface area contributed by atoms with Gasteiger partial charge in [0.25, 0.3) is 0 Å².